The summed E-state index contributed by atoms with van der Waals surface area (Å²) in [5.41, 5.74) is 3.90. The lowest BCUT2D eigenvalue weighted by atomic mass is 10.1. The van der Waals surface area contributed by atoms with Gasteiger partial charge >= 0.3 is 0 Å². The molecule has 1 amide bonds. The normalized spacial score (nSPS) is 16.7. The maximum atomic E-state index is 13.5. The molecule has 234 valence electrons. The molecular weight excluding hydrogens is 608 g/mol. The van der Waals surface area contributed by atoms with Gasteiger partial charge in [-0.3, -0.25) is 19.8 Å². The standard InChI is InChI=1S/C33H30N6O6S/c40-33(36-46(43,44)27-6-3-5-25(19-27)39(41)42)29-10-9-24(20-31(29)45-26-18-23-12-13-34-32(23)35-21-26)37-14-16-38(17-15-37)30-11-8-22-4-1-2-7-28(22)30/h1-7,9-10,12-13,18-21,30H,8,11,14-17H2,(H,34,35)(H,36,40)/t30-/m1/s1. The molecule has 0 unspecified atom stereocenters. The third-order valence-corrected chi connectivity index (χ3v) is 9.93. The molecule has 0 bridgehead atoms. The Hall–Kier alpha value is -5.27. The van der Waals surface area contributed by atoms with E-state index in [9.17, 15) is 23.3 Å². The van der Waals surface area contributed by atoms with E-state index in [4.69, 9.17) is 4.74 Å². The average molecular weight is 639 g/mol. The Morgan fingerprint density at radius 2 is 1.83 bits per heavy atom. The van der Waals surface area contributed by atoms with Crippen molar-refractivity contribution in [1.29, 1.82) is 0 Å². The number of fused-ring (bicyclic) bond motifs is 2. The van der Waals surface area contributed by atoms with Crippen LogP contribution in [0, 0.1) is 10.1 Å². The molecule has 13 heteroatoms. The molecule has 1 saturated heterocycles. The fourth-order valence-corrected chi connectivity index (χ4v) is 7.29. The van der Waals surface area contributed by atoms with Gasteiger partial charge in [0, 0.05) is 67.7 Å². The lowest BCUT2D eigenvalue weighted by Gasteiger charge is -2.39. The predicted molar refractivity (Wildman–Crippen MR) is 172 cm³/mol. The van der Waals surface area contributed by atoms with Crippen molar-refractivity contribution in [2.75, 3.05) is 31.1 Å². The largest absolute Gasteiger partial charge is 0.455 e. The highest BCUT2D eigenvalue weighted by molar-refractivity contribution is 7.90. The number of hydrogen-bond donors (Lipinski definition) is 2. The van der Waals surface area contributed by atoms with E-state index < -0.39 is 31.4 Å². The number of piperazine rings is 1. The zero-order chi connectivity index (χ0) is 31.8. The number of carbonyl (C=O) groups excluding carboxylic acids is 1. The van der Waals surface area contributed by atoms with E-state index in [0.717, 1.165) is 56.2 Å². The Bertz CT molecular complexity index is 2070. The van der Waals surface area contributed by atoms with Crippen LogP contribution in [0.5, 0.6) is 11.5 Å². The molecule has 1 atom stereocenters. The summed E-state index contributed by atoms with van der Waals surface area (Å²) in [6.45, 7) is 3.27. The first-order valence-electron chi connectivity index (χ1n) is 14.9. The molecule has 1 fully saturated rings. The second-order valence-electron chi connectivity index (χ2n) is 11.3. The predicted octanol–water partition coefficient (Wildman–Crippen LogP) is 5.19. The van der Waals surface area contributed by atoms with Crippen LogP contribution in [0.4, 0.5) is 11.4 Å². The molecule has 1 aliphatic heterocycles. The van der Waals surface area contributed by atoms with Crippen LogP contribution in [0.15, 0.2) is 96.2 Å². The highest BCUT2D eigenvalue weighted by Gasteiger charge is 2.31. The lowest BCUT2D eigenvalue weighted by molar-refractivity contribution is -0.385. The summed E-state index contributed by atoms with van der Waals surface area (Å²) in [6, 6.07) is 22.2. The maximum Gasteiger partial charge on any atom is 0.270 e. The number of nitro groups is 1. The number of hydrogen-bond acceptors (Lipinski definition) is 9. The first-order valence-corrected chi connectivity index (χ1v) is 16.4. The molecule has 5 aromatic rings. The average Bonchev–Trinajstić information content (AvgIpc) is 3.72. The SMILES string of the molecule is O=C(NS(=O)(=O)c1cccc([N+](=O)[O-])c1)c1ccc(N2CCN([C@@H]3CCc4ccccc43)CC2)cc1Oc1cnc2[nH]ccc2c1. The molecule has 0 radical (unpaired) electrons. The third-order valence-electron chi connectivity index (χ3n) is 8.60. The van der Waals surface area contributed by atoms with E-state index in [1.165, 1.54) is 41.6 Å². The number of sulfonamides is 1. The van der Waals surface area contributed by atoms with E-state index in [0.29, 0.717) is 17.4 Å². The zero-order valence-corrected chi connectivity index (χ0v) is 25.4. The highest BCUT2D eigenvalue weighted by atomic mass is 32.2. The molecule has 0 spiro atoms. The van der Waals surface area contributed by atoms with E-state index in [1.54, 1.807) is 24.4 Å². The number of nitrogens with one attached hydrogen (secondary N) is 2. The smallest absolute Gasteiger partial charge is 0.270 e. The van der Waals surface area contributed by atoms with Crippen LogP contribution in [0.1, 0.15) is 33.9 Å². The van der Waals surface area contributed by atoms with Gasteiger partial charge < -0.3 is 14.6 Å². The minimum atomic E-state index is -4.43. The molecule has 0 saturated carbocycles. The number of carbonyl (C=O) groups is 1. The van der Waals surface area contributed by atoms with Crippen molar-refractivity contribution < 1.29 is 22.9 Å². The third kappa shape index (κ3) is 5.77. The molecular formula is C33H30N6O6S. The number of rotatable bonds is 8. The van der Waals surface area contributed by atoms with Crippen LogP contribution < -0.4 is 14.4 Å². The molecule has 46 heavy (non-hydrogen) atoms. The number of nitrogens with zero attached hydrogens (tertiary/aromatic N) is 4. The maximum absolute atomic E-state index is 13.5. The van der Waals surface area contributed by atoms with Crippen LogP contribution >= 0.6 is 0 Å². The minimum Gasteiger partial charge on any atom is -0.455 e. The van der Waals surface area contributed by atoms with Crippen molar-refractivity contribution in [1.82, 2.24) is 19.6 Å². The summed E-state index contributed by atoms with van der Waals surface area (Å²) < 4.78 is 34.4. The van der Waals surface area contributed by atoms with Crippen molar-refractivity contribution in [3.05, 3.63) is 118 Å². The number of non-ortho nitro benzene ring substituents is 1. The van der Waals surface area contributed by atoms with Crippen LogP contribution in [-0.4, -0.2) is 60.3 Å². The summed E-state index contributed by atoms with van der Waals surface area (Å²) in [5, 5.41) is 12.0. The van der Waals surface area contributed by atoms with Gasteiger partial charge in [-0.05, 0) is 54.3 Å². The topological polar surface area (TPSA) is 151 Å². The number of nitro benzene ring substituents is 1. The van der Waals surface area contributed by atoms with E-state index in [-0.39, 0.29) is 11.3 Å². The number of aromatic amines is 1. The van der Waals surface area contributed by atoms with Crippen molar-refractivity contribution in [2.24, 2.45) is 0 Å². The number of H-pyrrole nitrogens is 1. The van der Waals surface area contributed by atoms with Crippen molar-refractivity contribution in [2.45, 2.75) is 23.8 Å². The van der Waals surface area contributed by atoms with Gasteiger partial charge in [0.2, 0.25) is 0 Å². The van der Waals surface area contributed by atoms with Gasteiger partial charge in [-0.1, -0.05) is 30.3 Å². The van der Waals surface area contributed by atoms with Gasteiger partial charge in [0.05, 0.1) is 21.6 Å². The Morgan fingerprint density at radius 3 is 2.65 bits per heavy atom. The lowest BCUT2D eigenvalue weighted by Crippen LogP contribution is -2.47. The highest BCUT2D eigenvalue weighted by Crippen LogP contribution is 2.37. The van der Waals surface area contributed by atoms with Gasteiger partial charge in [-0.25, -0.2) is 18.1 Å². The summed E-state index contributed by atoms with van der Waals surface area (Å²) in [5.74, 6) is -0.425. The van der Waals surface area contributed by atoms with Gasteiger partial charge in [-0.15, -0.1) is 0 Å². The number of pyridine rings is 1. The fourth-order valence-electron chi connectivity index (χ4n) is 6.29. The number of benzene rings is 3. The summed E-state index contributed by atoms with van der Waals surface area (Å²) >= 11 is 0. The van der Waals surface area contributed by atoms with Crippen LogP contribution in [0.2, 0.25) is 0 Å². The van der Waals surface area contributed by atoms with Crippen LogP contribution in [0.25, 0.3) is 11.0 Å². The fraction of sp³-hybridized carbons (Fsp3) is 0.212. The molecule has 1 aliphatic carbocycles. The van der Waals surface area contributed by atoms with Gasteiger partial charge in [-0.2, -0.15) is 0 Å². The van der Waals surface area contributed by atoms with Crippen molar-refractivity contribution in [3.8, 4) is 11.5 Å². The number of anilines is 1. The van der Waals surface area contributed by atoms with Gasteiger partial charge in [0.25, 0.3) is 21.6 Å². The molecule has 2 N–H and O–H groups in total. The summed E-state index contributed by atoms with van der Waals surface area (Å²) in [4.78, 5) is 35.7. The molecule has 3 aromatic carbocycles. The molecule has 7 rings (SSSR count). The number of aromatic nitrogens is 2. The zero-order valence-electron chi connectivity index (χ0n) is 24.6. The second-order valence-corrected chi connectivity index (χ2v) is 13.0. The molecule has 2 aromatic heterocycles. The first-order chi connectivity index (χ1) is 22.2. The number of amides is 1. The molecule has 3 heterocycles. The quantitative estimate of drug-likeness (QED) is 0.173. The van der Waals surface area contributed by atoms with Crippen LogP contribution in [-0.2, 0) is 16.4 Å². The van der Waals surface area contributed by atoms with E-state index >= 15 is 0 Å². The minimum absolute atomic E-state index is 0.0203. The molecule has 12 nitrogen and oxygen atoms in total. The number of ether oxygens (including phenoxy) is 1. The van der Waals surface area contributed by atoms with Crippen LogP contribution in [0.3, 0.4) is 0 Å². The van der Waals surface area contributed by atoms with Crippen molar-refractivity contribution in [3.63, 3.8) is 0 Å². The number of aryl methyl sites for hydroxylation is 1. The van der Waals surface area contributed by atoms with E-state index in [1.807, 2.05) is 10.8 Å². The monoisotopic (exact) mass is 638 g/mol. The Morgan fingerprint density at radius 1 is 1.00 bits per heavy atom. The Kier molecular flexibility index (Phi) is 7.62. The Labute approximate surface area is 264 Å². The summed E-state index contributed by atoms with van der Waals surface area (Å²) in [6.07, 6.45) is 5.47. The van der Waals surface area contributed by atoms with Gasteiger partial charge in [0.15, 0.2) is 0 Å². The summed E-state index contributed by atoms with van der Waals surface area (Å²) in [7, 11) is -4.43. The van der Waals surface area contributed by atoms with Crippen molar-refractivity contribution >= 4 is 38.3 Å². The second kappa shape index (κ2) is 11.9. The van der Waals surface area contributed by atoms with Gasteiger partial charge in [0.1, 0.15) is 17.1 Å². The molecule has 2 aliphatic rings. The first kappa shape index (κ1) is 29.4. The Balaban J connectivity index is 1.15. The van der Waals surface area contributed by atoms with E-state index in [2.05, 4.69) is 44.0 Å².